The zero-order chi connectivity index (χ0) is 10.7. The third kappa shape index (κ3) is 2.40. The van der Waals surface area contributed by atoms with Crippen molar-refractivity contribution in [3.8, 4) is 0 Å². The highest BCUT2D eigenvalue weighted by Crippen LogP contribution is 2.21. The summed E-state index contributed by atoms with van der Waals surface area (Å²) in [5, 5.41) is 3.27. The quantitative estimate of drug-likeness (QED) is 0.783. The fourth-order valence-corrected chi connectivity index (χ4v) is 2.38. The van der Waals surface area contributed by atoms with Crippen LogP contribution in [0, 0.1) is 0 Å². The first-order valence-electron chi connectivity index (χ1n) is 5.11. The molecule has 2 heterocycles. The van der Waals surface area contributed by atoms with Gasteiger partial charge in [0.1, 0.15) is 6.61 Å². The summed E-state index contributed by atoms with van der Waals surface area (Å²) in [4.78, 5) is 4.38. The second kappa shape index (κ2) is 4.79. The third-order valence-corrected chi connectivity index (χ3v) is 3.46. The number of nitrogens with one attached hydrogen (secondary N) is 1. The molecule has 0 bridgehead atoms. The van der Waals surface area contributed by atoms with Crippen LogP contribution in [0.3, 0.4) is 0 Å². The van der Waals surface area contributed by atoms with Crippen LogP contribution in [0.15, 0.2) is 12.1 Å². The Morgan fingerprint density at radius 3 is 3.27 bits per heavy atom. The van der Waals surface area contributed by atoms with Crippen LogP contribution in [-0.2, 0) is 22.1 Å². The van der Waals surface area contributed by atoms with E-state index in [9.17, 15) is 4.57 Å². The van der Waals surface area contributed by atoms with Crippen molar-refractivity contribution >= 4 is 13.5 Å². The third-order valence-electron chi connectivity index (χ3n) is 2.34. The van der Waals surface area contributed by atoms with E-state index in [1.165, 1.54) is 5.56 Å². The molecule has 1 atom stereocenters. The van der Waals surface area contributed by atoms with Crippen LogP contribution in [0.2, 0.25) is 0 Å². The van der Waals surface area contributed by atoms with E-state index in [0.717, 1.165) is 25.2 Å². The standard InChI is InChI=1S/C10H14N2O2P/c1-2-14-15(13)10-4-3-8-7-11-6-5-9(8)12-10/h3-4,11H,2,5-7H2,1H3/q+1. The molecule has 0 aromatic carbocycles. The van der Waals surface area contributed by atoms with Gasteiger partial charge < -0.3 is 5.32 Å². The smallest absolute Gasteiger partial charge is 0.312 e. The van der Waals surface area contributed by atoms with Gasteiger partial charge in [-0.15, -0.1) is 4.52 Å². The van der Waals surface area contributed by atoms with Gasteiger partial charge in [-0.2, -0.15) is 0 Å². The summed E-state index contributed by atoms with van der Waals surface area (Å²) in [5.74, 6) is 0. The summed E-state index contributed by atoms with van der Waals surface area (Å²) >= 11 is 0. The van der Waals surface area contributed by atoms with E-state index in [-0.39, 0.29) is 0 Å². The number of nitrogens with zero attached hydrogens (tertiary/aromatic N) is 1. The van der Waals surface area contributed by atoms with E-state index in [0.29, 0.717) is 12.0 Å². The number of rotatable bonds is 3. The normalized spacial score (nSPS) is 15.9. The zero-order valence-corrected chi connectivity index (χ0v) is 9.59. The molecule has 0 amide bonds. The first-order valence-corrected chi connectivity index (χ1v) is 6.28. The molecule has 1 aliphatic heterocycles. The minimum atomic E-state index is -1.77. The van der Waals surface area contributed by atoms with Crippen molar-refractivity contribution in [3.05, 3.63) is 23.4 Å². The Morgan fingerprint density at radius 2 is 2.47 bits per heavy atom. The summed E-state index contributed by atoms with van der Waals surface area (Å²) in [7, 11) is -1.77. The lowest BCUT2D eigenvalue weighted by molar-refractivity contribution is 0.356. The van der Waals surface area contributed by atoms with Crippen molar-refractivity contribution < 1.29 is 9.09 Å². The maximum atomic E-state index is 11.6. The van der Waals surface area contributed by atoms with Gasteiger partial charge in [0.15, 0.2) is 0 Å². The van der Waals surface area contributed by atoms with E-state index in [2.05, 4.69) is 10.3 Å². The highest BCUT2D eigenvalue weighted by molar-refractivity contribution is 7.48. The van der Waals surface area contributed by atoms with Gasteiger partial charge in [-0.1, -0.05) is 0 Å². The molecule has 1 N–H and O–H groups in total. The zero-order valence-electron chi connectivity index (χ0n) is 8.69. The van der Waals surface area contributed by atoms with Crippen LogP contribution in [0.1, 0.15) is 18.2 Å². The molecule has 0 saturated carbocycles. The van der Waals surface area contributed by atoms with Gasteiger partial charge >= 0.3 is 13.5 Å². The van der Waals surface area contributed by atoms with Crippen molar-refractivity contribution in [2.45, 2.75) is 19.9 Å². The average molecular weight is 225 g/mol. The summed E-state index contributed by atoms with van der Waals surface area (Å²) in [5.41, 5.74) is 2.81. The molecule has 1 aromatic rings. The van der Waals surface area contributed by atoms with Crippen molar-refractivity contribution in [1.29, 1.82) is 0 Å². The summed E-state index contributed by atoms with van der Waals surface area (Å²) in [6.45, 7) is 4.08. The Kier molecular flexibility index (Phi) is 3.41. The Hall–Kier alpha value is -0.830. The van der Waals surface area contributed by atoms with Crippen molar-refractivity contribution in [2.75, 3.05) is 13.2 Å². The first kappa shape index (κ1) is 10.7. The van der Waals surface area contributed by atoms with E-state index in [1.807, 2.05) is 13.0 Å². The average Bonchev–Trinajstić information content (AvgIpc) is 2.29. The second-order valence-electron chi connectivity index (χ2n) is 3.38. The summed E-state index contributed by atoms with van der Waals surface area (Å²) in [6, 6.07) is 3.77. The van der Waals surface area contributed by atoms with E-state index >= 15 is 0 Å². The van der Waals surface area contributed by atoms with Gasteiger partial charge in [0.25, 0.3) is 0 Å². The molecule has 1 unspecified atom stereocenters. The highest BCUT2D eigenvalue weighted by Gasteiger charge is 2.25. The lowest BCUT2D eigenvalue weighted by Gasteiger charge is -2.14. The summed E-state index contributed by atoms with van der Waals surface area (Å²) in [6.07, 6.45) is 0.901. The lowest BCUT2D eigenvalue weighted by Crippen LogP contribution is -2.26. The van der Waals surface area contributed by atoms with Crippen LogP contribution in [-0.4, -0.2) is 18.1 Å². The fourth-order valence-electron chi connectivity index (χ4n) is 1.61. The molecule has 4 nitrogen and oxygen atoms in total. The number of hydrogen-bond donors (Lipinski definition) is 1. The predicted octanol–water partition coefficient (Wildman–Crippen LogP) is 1.13. The maximum absolute atomic E-state index is 11.6. The van der Waals surface area contributed by atoms with Crippen LogP contribution < -0.4 is 10.8 Å². The maximum Gasteiger partial charge on any atom is 0.569 e. The molecule has 5 heteroatoms. The highest BCUT2D eigenvalue weighted by atomic mass is 31.1. The molecule has 80 valence electrons. The van der Waals surface area contributed by atoms with Gasteiger partial charge in [-0.25, -0.2) is 4.98 Å². The lowest BCUT2D eigenvalue weighted by atomic mass is 10.1. The van der Waals surface area contributed by atoms with Crippen molar-refractivity contribution in [1.82, 2.24) is 10.3 Å². The molecule has 0 saturated heterocycles. The topological polar surface area (TPSA) is 51.2 Å². The number of pyridine rings is 1. The van der Waals surface area contributed by atoms with Gasteiger partial charge in [-0.3, -0.25) is 0 Å². The van der Waals surface area contributed by atoms with Crippen molar-refractivity contribution in [3.63, 3.8) is 0 Å². The van der Waals surface area contributed by atoms with Crippen LogP contribution in [0.4, 0.5) is 0 Å². The number of fused-ring (bicyclic) bond motifs is 1. The Balaban J connectivity index is 2.24. The molecular formula is C10H14N2O2P+. The summed E-state index contributed by atoms with van der Waals surface area (Å²) < 4.78 is 16.6. The second-order valence-corrected chi connectivity index (χ2v) is 4.61. The molecule has 15 heavy (non-hydrogen) atoms. The molecule has 1 aromatic heterocycles. The van der Waals surface area contributed by atoms with E-state index in [1.54, 1.807) is 6.07 Å². The molecule has 2 rings (SSSR count). The minimum Gasteiger partial charge on any atom is -0.312 e. The van der Waals surface area contributed by atoms with E-state index in [4.69, 9.17) is 4.52 Å². The molecular weight excluding hydrogens is 211 g/mol. The Labute approximate surface area is 89.9 Å². The first-order chi connectivity index (χ1) is 7.31. The minimum absolute atomic E-state index is 0.454. The molecule has 0 fully saturated rings. The van der Waals surface area contributed by atoms with Crippen LogP contribution in [0.5, 0.6) is 0 Å². The van der Waals surface area contributed by atoms with Crippen LogP contribution >= 0.6 is 8.03 Å². The fraction of sp³-hybridized carbons (Fsp3) is 0.500. The van der Waals surface area contributed by atoms with Gasteiger partial charge in [0.2, 0.25) is 0 Å². The SMILES string of the molecule is CCO[P+](=O)c1ccc2c(n1)CCNC2. The molecule has 1 aliphatic rings. The van der Waals surface area contributed by atoms with Crippen molar-refractivity contribution in [2.24, 2.45) is 0 Å². The molecule has 0 spiro atoms. The largest absolute Gasteiger partial charge is 0.569 e. The Bertz CT molecular complexity index is 382. The van der Waals surface area contributed by atoms with E-state index < -0.39 is 8.03 Å². The van der Waals surface area contributed by atoms with Gasteiger partial charge in [0, 0.05) is 25.6 Å². The predicted molar refractivity (Wildman–Crippen MR) is 58.5 cm³/mol. The Morgan fingerprint density at radius 1 is 1.60 bits per heavy atom. The van der Waals surface area contributed by atoms with Gasteiger partial charge in [-0.05, 0) is 23.1 Å². The van der Waals surface area contributed by atoms with Gasteiger partial charge in [0.05, 0.1) is 5.69 Å². The molecule has 0 radical (unpaired) electrons. The van der Waals surface area contributed by atoms with Crippen LogP contribution in [0.25, 0.3) is 0 Å². The monoisotopic (exact) mass is 225 g/mol. The number of aromatic nitrogens is 1. The number of hydrogen-bond acceptors (Lipinski definition) is 4. The molecule has 0 aliphatic carbocycles.